The predicted octanol–water partition coefficient (Wildman–Crippen LogP) is 3.49. The van der Waals surface area contributed by atoms with Crippen LogP contribution in [0.5, 0.6) is 0 Å². The number of nitrogens with one attached hydrogen (secondary N) is 1. The first kappa shape index (κ1) is 22.2. The maximum atomic E-state index is 12.9. The van der Waals surface area contributed by atoms with Gasteiger partial charge in [-0.2, -0.15) is 5.10 Å². The van der Waals surface area contributed by atoms with Crippen molar-refractivity contribution < 1.29 is 14.3 Å². The van der Waals surface area contributed by atoms with E-state index >= 15 is 0 Å². The molecule has 0 saturated heterocycles. The number of hydrogen-bond donors (Lipinski definition) is 1. The summed E-state index contributed by atoms with van der Waals surface area (Å²) in [4.78, 5) is 26.7. The molecule has 0 saturated carbocycles. The van der Waals surface area contributed by atoms with Crippen molar-refractivity contribution in [2.24, 2.45) is 0 Å². The first-order valence-electron chi connectivity index (χ1n) is 10.3. The summed E-state index contributed by atoms with van der Waals surface area (Å²) in [6.07, 6.45) is 0. The molecule has 0 bridgehead atoms. The summed E-state index contributed by atoms with van der Waals surface area (Å²) in [6.45, 7) is 6.42. The summed E-state index contributed by atoms with van der Waals surface area (Å²) >= 11 is 0. The zero-order valence-corrected chi connectivity index (χ0v) is 18.2. The molecule has 31 heavy (non-hydrogen) atoms. The van der Waals surface area contributed by atoms with Gasteiger partial charge in [0, 0.05) is 6.54 Å². The highest BCUT2D eigenvalue weighted by Crippen LogP contribution is 2.22. The van der Waals surface area contributed by atoms with Crippen molar-refractivity contribution in [3.63, 3.8) is 0 Å². The summed E-state index contributed by atoms with van der Waals surface area (Å²) in [5, 5.41) is 7.54. The van der Waals surface area contributed by atoms with Gasteiger partial charge in [0.25, 0.3) is 0 Å². The van der Waals surface area contributed by atoms with E-state index in [1.165, 1.54) is 0 Å². The summed E-state index contributed by atoms with van der Waals surface area (Å²) in [5.41, 5.74) is 4.21. The highest BCUT2D eigenvalue weighted by atomic mass is 16.5. The molecule has 0 spiro atoms. The number of ether oxygens (including phenoxy) is 1. The quantitative estimate of drug-likeness (QED) is 0.536. The van der Waals surface area contributed by atoms with Gasteiger partial charge < -0.3 is 10.1 Å². The van der Waals surface area contributed by atoms with Gasteiger partial charge in [-0.15, -0.1) is 0 Å². The van der Waals surface area contributed by atoms with Crippen molar-refractivity contribution in [2.75, 3.05) is 25.0 Å². The molecule has 7 nitrogen and oxygen atoms in total. The van der Waals surface area contributed by atoms with E-state index in [1.54, 1.807) is 11.8 Å². The summed E-state index contributed by atoms with van der Waals surface area (Å²) < 4.78 is 6.89. The molecular formula is C24H28N4O3. The third-order valence-electron chi connectivity index (χ3n) is 4.83. The molecule has 3 rings (SSSR count). The molecular weight excluding hydrogens is 392 g/mol. The molecule has 3 aromatic rings. The fourth-order valence-corrected chi connectivity index (χ4v) is 3.42. The van der Waals surface area contributed by atoms with Gasteiger partial charge in [0.2, 0.25) is 5.91 Å². The normalized spacial score (nSPS) is 10.8. The monoisotopic (exact) mass is 420 g/mol. The number of anilines is 1. The average Bonchev–Trinajstić information content (AvgIpc) is 3.03. The molecule has 0 aliphatic rings. The number of rotatable bonds is 9. The van der Waals surface area contributed by atoms with Gasteiger partial charge in [0.05, 0.1) is 42.5 Å². The van der Waals surface area contributed by atoms with Crippen LogP contribution in [-0.4, -0.2) is 46.3 Å². The van der Waals surface area contributed by atoms with Crippen LogP contribution in [0.15, 0.2) is 60.7 Å². The number of carbonyl (C=O) groups is 2. The topological polar surface area (TPSA) is 76.5 Å². The van der Waals surface area contributed by atoms with Crippen molar-refractivity contribution in [3.8, 4) is 5.69 Å². The number of aryl methyl sites for hydroxylation is 1. The van der Waals surface area contributed by atoms with Crippen LogP contribution in [0.2, 0.25) is 0 Å². The number of aromatic nitrogens is 2. The second-order valence-electron chi connectivity index (χ2n) is 7.28. The number of nitrogens with zero attached hydrogens (tertiary/aromatic N) is 3. The average molecular weight is 421 g/mol. The minimum absolute atomic E-state index is 0.0391. The Balaban J connectivity index is 1.73. The lowest BCUT2D eigenvalue weighted by Gasteiger charge is -2.21. The number of carbonyl (C=O) groups excluding carboxylic acids is 2. The van der Waals surface area contributed by atoms with Crippen LogP contribution >= 0.6 is 0 Å². The van der Waals surface area contributed by atoms with E-state index < -0.39 is 0 Å². The molecule has 0 radical (unpaired) electrons. The van der Waals surface area contributed by atoms with Gasteiger partial charge in [-0.3, -0.25) is 14.5 Å². The molecule has 162 valence electrons. The Labute approximate surface area is 182 Å². The number of benzene rings is 2. The van der Waals surface area contributed by atoms with Crippen LogP contribution in [-0.2, 0) is 20.9 Å². The van der Waals surface area contributed by atoms with E-state index in [2.05, 4.69) is 10.4 Å². The fourth-order valence-electron chi connectivity index (χ4n) is 3.42. The third-order valence-corrected chi connectivity index (χ3v) is 4.83. The van der Waals surface area contributed by atoms with Gasteiger partial charge in [-0.1, -0.05) is 48.5 Å². The summed E-state index contributed by atoms with van der Waals surface area (Å²) in [5.74, 6) is -0.561. The second kappa shape index (κ2) is 10.5. The second-order valence-corrected chi connectivity index (χ2v) is 7.28. The van der Waals surface area contributed by atoms with Crippen LogP contribution in [0.4, 0.5) is 5.69 Å². The Hall–Kier alpha value is -3.45. The van der Waals surface area contributed by atoms with Crippen LogP contribution in [0.25, 0.3) is 5.69 Å². The number of esters is 1. The van der Waals surface area contributed by atoms with Crippen LogP contribution in [0.3, 0.4) is 0 Å². The van der Waals surface area contributed by atoms with Gasteiger partial charge in [0.1, 0.15) is 0 Å². The van der Waals surface area contributed by atoms with Crippen molar-refractivity contribution >= 4 is 17.6 Å². The SMILES string of the molecule is CCOC(=O)CN(CC(=O)Nc1c(C)nn(-c2ccccc2)c1C)Cc1ccccc1. The Morgan fingerprint density at radius 1 is 1.00 bits per heavy atom. The minimum Gasteiger partial charge on any atom is -0.465 e. The largest absolute Gasteiger partial charge is 0.465 e. The molecule has 0 fully saturated rings. The highest BCUT2D eigenvalue weighted by Gasteiger charge is 2.19. The van der Waals surface area contributed by atoms with Crippen LogP contribution < -0.4 is 5.32 Å². The Kier molecular flexibility index (Phi) is 7.56. The molecule has 1 heterocycles. The lowest BCUT2D eigenvalue weighted by atomic mass is 10.2. The predicted molar refractivity (Wildman–Crippen MR) is 120 cm³/mol. The van der Waals surface area contributed by atoms with E-state index in [1.807, 2.05) is 79.2 Å². The number of amides is 1. The molecule has 0 aliphatic carbocycles. The van der Waals surface area contributed by atoms with Crippen molar-refractivity contribution in [1.82, 2.24) is 14.7 Å². The molecule has 1 amide bonds. The molecule has 0 atom stereocenters. The maximum absolute atomic E-state index is 12.9. The van der Waals surface area contributed by atoms with Gasteiger partial charge >= 0.3 is 5.97 Å². The molecule has 0 aliphatic heterocycles. The van der Waals surface area contributed by atoms with E-state index in [4.69, 9.17) is 4.74 Å². The highest BCUT2D eigenvalue weighted by molar-refractivity contribution is 5.93. The Bertz CT molecular complexity index is 1020. The van der Waals surface area contributed by atoms with E-state index in [9.17, 15) is 9.59 Å². The van der Waals surface area contributed by atoms with Gasteiger partial charge in [-0.05, 0) is 38.5 Å². The zero-order valence-electron chi connectivity index (χ0n) is 18.2. The summed E-state index contributed by atoms with van der Waals surface area (Å²) in [7, 11) is 0. The van der Waals surface area contributed by atoms with Crippen LogP contribution in [0, 0.1) is 13.8 Å². The number of hydrogen-bond acceptors (Lipinski definition) is 5. The van der Waals surface area contributed by atoms with Crippen LogP contribution in [0.1, 0.15) is 23.9 Å². The van der Waals surface area contributed by atoms with E-state index in [0.29, 0.717) is 18.8 Å². The fraction of sp³-hybridized carbons (Fsp3) is 0.292. The van der Waals surface area contributed by atoms with E-state index in [-0.39, 0.29) is 25.0 Å². The first-order chi connectivity index (χ1) is 15.0. The minimum atomic E-state index is -0.351. The zero-order chi connectivity index (χ0) is 22.2. The van der Waals surface area contributed by atoms with Crippen molar-refractivity contribution in [2.45, 2.75) is 27.3 Å². The molecule has 1 aromatic heterocycles. The van der Waals surface area contributed by atoms with E-state index in [0.717, 1.165) is 22.6 Å². The molecule has 2 aromatic carbocycles. The first-order valence-corrected chi connectivity index (χ1v) is 10.3. The standard InChI is InChI=1S/C24H28N4O3/c1-4-31-23(30)17-27(15-20-11-7-5-8-12-20)16-22(29)25-24-18(2)26-28(19(24)3)21-13-9-6-10-14-21/h5-14H,4,15-17H2,1-3H3,(H,25,29). The molecule has 7 heteroatoms. The maximum Gasteiger partial charge on any atom is 0.320 e. The Morgan fingerprint density at radius 3 is 2.29 bits per heavy atom. The van der Waals surface area contributed by atoms with Crippen molar-refractivity contribution in [3.05, 3.63) is 77.6 Å². The van der Waals surface area contributed by atoms with Gasteiger partial charge in [-0.25, -0.2) is 4.68 Å². The number of para-hydroxylation sites is 1. The third kappa shape index (κ3) is 6.02. The Morgan fingerprint density at radius 2 is 1.65 bits per heavy atom. The molecule has 1 N–H and O–H groups in total. The lowest BCUT2D eigenvalue weighted by molar-refractivity contribution is -0.144. The van der Waals surface area contributed by atoms with Crippen molar-refractivity contribution in [1.29, 1.82) is 0 Å². The molecule has 0 unspecified atom stereocenters. The lowest BCUT2D eigenvalue weighted by Crippen LogP contribution is -2.37. The van der Waals surface area contributed by atoms with Gasteiger partial charge in [0.15, 0.2) is 0 Å². The summed E-state index contributed by atoms with van der Waals surface area (Å²) in [6, 6.07) is 19.5. The smallest absolute Gasteiger partial charge is 0.320 e.